The number of carbonyl (C=O) groups is 3. The third kappa shape index (κ3) is 5.26. The first-order chi connectivity index (χ1) is 13.7. The predicted molar refractivity (Wildman–Crippen MR) is 113 cm³/mol. The lowest BCUT2D eigenvalue weighted by molar-refractivity contribution is -0.154. The molecule has 3 rings (SSSR count). The summed E-state index contributed by atoms with van der Waals surface area (Å²) in [4.78, 5) is 37.0. The first-order valence-corrected chi connectivity index (χ1v) is 10.1. The van der Waals surface area contributed by atoms with E-state index in [-0.39, 0.29) is 23.8 Å². The van der Waals surface area contributed by atoms with Crippen molar-refractivity contribution >= 4 is 34.9 Å². The molecule has 2 aliphatic rings. The van der Waals surface area contributed by atoms with Gasteiger partial charge in [-0.05, 0) is 26.3 Å². The normalized spacial score (nSPS) is 28.1. The SMILES string of the molecule is CCC(=S)NC(C)=O.CN1[C@@H]2CC[C@H]1C(C(=O)c1ccccc1)[C@H](O)[C@@H]2C(=O)O. The van der Waals surface area contributed by atoms with Crippen LogP contribution in [-0.2, 0) is 9.59 Å². The predicted octanol–water partition coefficient (Wildman–Crippen LogP) is 1.88. The van der Waals surface area contributed by atoms with Crippen LogP contribution in [0.5, 0.6) is 0 Å². The lowest BCUT2D eigenvalue weighted by Gasteiger charge is -2.43. The quantitative estimate of drug-likeness (QED) is 0.504. The van der Waals surface area contributed by atoms with Gasteiger partial charge in [-0.15, -0.1) is 0 Å². The van der Waals surface area contributed by atoms with Crippen molar-refractivity contribution in [2.45, 2.75) is 51.3 Å². The summed E-state index contributed by atoms with van der Waals surface area (Å²) >= 11 is 4.70. The fourth-order valence-electron chi connectivity index (χ4n) is 4.26. The van der Waals surface area contributed by atoms with Crippen LogP contribution < -0.4 is 5.32 Å². The van der Waals surface area contributed by atoms with Gasteiger partial charge in [0.2, 0.25) is 5.91 Å². The number of nitrogens with zero attached hydrogens (tertiary/aromatic N) is 1. The second-order valence-corrected chi connectivity index (χ2v) is 7.94. The second-order valence-electron chi connectivity index (χ2n) is 7.45. The van der Waals surface area contributed by atoms with E-state index in [1.165, 1.54) is 6.92 Å². The van der Waals surface area contributed by atoms with Gasteiger partial charge in [0.15, 0.2) is 5.78 Å². The molecule has 8 heteroatoms. The van der Waals surface area contributed by atoms with E-state index in [1.807, 2.05) is 24.9 Å². The minimum Gasteiger partial charge on any atom is -0.481 e. The first kappa shape index (κ1) is 23.1. The number of amides is 1. The number of fused-ring (bicyclic) bond motifs is 2. The van der Waals surface area contributed by atoms with Crippen molar-refractivity contribution in [2.24, 2.45) is 11.8 Å². The Balaban J connectivity index is 0.000000321. The van der Waals surface area contributed by atoms with Crippen LogP contribution in [0.1, 0.15) is 43.5 Å². The summed E-state index contributed by atoms with van der Waals surface area (Å²) < 4.78 is 0. The van der Waals surface area contributed by atoms with E-state index < -0.39 is 23.9 Å². The third-order valence-electron chi connectivity index (χ3n) is 5.65. The summed E-state index contributed by atoms with van der Waals surface area (Å²) in [6.45, 7) is 3.35. The molecule has 2 saturated heterocycles. The number of aliphatic hydroxyl groups excluding tert-OH is 1. The summed E-state index contributed by atoms with van der Waals surface area (Å²) in [6, 6.07) is 8.55. The number of piperidine rings is 1. The Kier molecular flexibility index (Phi) is 8.01. The molecule has 1 amide bonds. The number of nitrogens with one attached hydrogen (secondary N) is 1. The van der Waals surface area contributed by atoms with Gasteiger partial charge in [0.05, 0.1) is 22.9 Å². The van der Waals surface area contributed by atoms with Crippen molar-refractivity contribution in [2.75, 3.05) is 7.05 Å². The number of hydrogen-bond donors (Lipinski definition) is 3. The molecule has 0 aromatic heterocycles. The van der Waals surface area contributed by atoms with Crippen molar-refractivity contribution in [3.05, 3.63) is 35.9 Å². The number of ketones is 1. The zero-order valence-electron chi connectivity index (χ0n) is 16.9. The smallest absolute Gasteiger partial charge is 0.310 e. The number of carboxylic acids is 1. The van der Waals surface area contributed by atoms with Gasteiger partial charge in [-0.3, -0.25) is 19.3 Å². The minimum absolute atomic E-state index is 0.0756. The van der Waals surface area contributed by atoms with E-state index in [9.17, 15) is 24.6 Å². The summed E-state index contributed by atoms with van der Waals surface area (Å²) in [5, 5.41) is 22.4. The van der Waals surface area contributed by atoms with Gasteiger partial charge in [0.1, 0.15) is 0 Å². The molecule has 0 radical (unpaired) electrons. The van der Waals surface area contributed by atoms with Crippen molar-refractivity contribution in [1.29, 1.82) is 0 Å². The number of rotatable bonds is 4. The largest absolute Gasteiger partial charge is 0.481 e. The molecule has 1 aromatic rings. The maximum atomic E-state index is 12.7. The van der Waals surface area contributed by atoms with Crippen LogP contribution in [0.15, 0.2) is 30.3 Å². The highest BCUT2D eigenvalue weighted by Crippen LogP contribution is 2.43. The van der Waals surface area contributed by atoms with Crippen LogP contribution in [-0.4, -0.2) is 63.0 Å². The number of hydrogen-bond acceptors (Lipinski definition) is 6. The number of aliphatic carboxylic acids is 1. The summed E-state index contributed by atoms with van der Waals surface area (Å²) in [5.41, 5.74) is 0.532. The van der Waals surface area contributed by atoms with Gasteiger partial charge < -0.3 is 15.5 Å². The molecule has 0 saturated carbocycles. The maximum absolute atomic E-state index is 12.7. The molecule has 3 N–H and O–H groups in total. The summed E-state index contributed by atoms with van der Waals surface area (Å²) in [5.74, 6) is -2.84. The summed E-state index contributed by atoms with van der Waals surface area (Å²) in [7, 11) is 1.86. The number of carboxylic acid groups (broad SMARTS) is 1. The topological polar surface area (TPSA) is 107 Å². The molecular formula is C21H28N2O5S. The van der Waals surface area contributed by atoms with Gasteiger partial charge in [-0.25, -0.2) is 0 Å². The van der Waals surface area contributed by atoms with Crippen LogP contribution in [0.4, 0.5) is 0 Å². The van der Waals surface area contributed by atoms with E-state index in [2.05, 4.69) is 5.32 Å². The molecule has 2 aliphatic heterocycles. The fraction of sp³-hybridized carbons (Fsp3) is 0.524. The van der Waals surface area contributed by atoms with Crippen LogP contribution in [0.2, 0.25) is 0 Å². The Labute approximate surface area is 176 Å². The van der Waals surface area contributed by atoms with Crippen LogP contribution >= 0.6 is 12.2 Å². The minimum atomic E-state index is -1.12. The molecule has 1 aromatic carbocycles. The Bertz CT molecular complexity index is 770. The Morgan fingerprint density at radius 3 is 2.14 bits per heavy atom. The zero-order valence-corrected chi connectivity index (χ0v) is 17.7. The lowest BCUT2D eigenvalue weighted by atomic mass is 9.76. The second kappa shape index (κ2) is 10.0. The lowest BCUT2D eigenvalue weighted by Crippen LogP contribution is -2.59. The van der Waals surface area contributed by atoms with E-state index in [4.69, 9.17) is 12.2 Å². The molecule has 0 aliphatic carbocycles. The standard InChI is InChI=1S/C16H19NO4.C5H9NOS/c1-17-10-7-8-11(17)13(16(20)21)15(19)12(10)14(18)9-5-3-2-4-6-9;1-3-5(8)6-4(2)7/h2-6,10-13,15,19H,7-8H2,1H3,(H,20,21);3H2,1-2H3,(H,6,7,8)/t10-,11+,12?,13+,15-;/m0./s1. The van der Waals surface area contributed by atoms with Crippen molar-refractivity contribution in [1.82, 2.24) is 10.2 Å². The molecule has 2 fully saturated rings. The molecule has 5 atom stereocenters. The van der Waals surface area contributed by atoms with Gasteiger partial charge in [0.25, 0.3) is 0 Å². The third-order valence-corrected chi connectivity index (χ3v) is 6.04. The van der Waals surface area contributed by atoms with E-state index in [0.717, 1.165) is 12.8 Å². The van der Waals surface area contributed by atoms with Crippen LogP contribution in [0, 0.1) is 11.8 Å². The molecular weight excluding hydrogens is 392 g/mol. The van der Waals surface area contributed by atoms with E-state index in [0.29, 0.717) is 17.0 Å². The highest BCUT2D eigenvalue weighted by Gasteiger charge is 2.55. The monoisotopic (exact) mass is 420 g/mol. The highest BCUT2D eigenvalue weighted by molar-refractivity contribution is 7.80. The highest BCUT2D eigenvalue weighted by atomic mass is 32.1. The van der Waals surface area contributed by atoms with E-state index in [1.54, 1.807) is 24.3 Å². The number of thiocarbonyl (C=S) groups is 1. The van der Waals surface area contributed by atoms with Crippen molar-refractivity contribution in [3.8, 4) is 0 Å². The number of carbonyl (C=O) groups excluding carboxylic acids is 2. The number of aliphatic hydroxyl groups is 1. The number of Topliss-reactive ketones (excluding diaryl/α,β-unsaturated/α-hetero) is 1. The van der Waals surface area contributed by atoms with Gasteiger partial charge in [0, 0.05) is 24.6 Å². The van der Waals surface area contributed by atoms with Crippen molar-refractivity contribution < 1.29 is 24.6 Å². The van der Waals surface area contributed by atoms with Gasteiger partial charge in [-0.2, -0.15) is 0 Å². The Morgan fingerprint density at radius 1 is 1.14 bits per heavy atom. The average molecular weight is 421 g/mol. The molecule has 1 unspecified atom stereocenters. The van der Waals surface area contributed by atoms with Crippen LogP contribution in [0.3, 0.4) is 0 Å². The summed E-state index contributed by atoms with van der Waals surface area (Å²) in [6.07, 6.45) is 1.08. The molecule has 2 heterocycles. The molecule has 7 nitrogen and oxygen atoms in total. The molecule has 2 bridgehead atoms. The first-order valence-electron chi connectivity index (χ1n) is 9.71. The zero-order chi connectivity index (χ0) is 21.7. The Morgan fingerprint density at radius 2 is 1.69 bits per heavy atom. The number of benzene rings is 1. The fourth-order valence-corrected chi connectivity index (χ4v) is 4.40. The van der Waals surface area contributed by atoms with E-state index >= 15 is 0 Å². The van der Waals surface area contributed by atoms with Crippen LogP contribution in [0.25, 0.3) is 0 Å². The van der Waals surface area contributed by atoms with Gasteiger partial charge >= 0.3 is 5.97 Å². The molecule has 29 heavy (non-hydrogen) atoms. The molecule has 158 valence electrons. The Hall–Kier alpha value is -2.16. The molecule has 0 spiro atoms. The maximum Gasteiger partial charge on any atom is 0.310 e. The van der Waals surface area contributed by atoms with Gasteiger partial charge in [-0.1, -0.05) is 49.5 Å². The average Bonchev–Trinajstić information content (AvgIpc) is 2.95. The van der Waals surface area contributed by atoms with Crippen molar-refractivity contribution in [3.63, 3.8) is 0 Å².